The first-order valence-corrected chi connectivity index (χ1v) is 12.7. The molecule has 2 fully saturated rings. The fourth-order valence-electron chi connectivity index (χ4n) is 4.77. The molecule has 0 spiro atoms. The molecular weight excluding hydrogens is 348 g/mol. The Hall–Kier alpha value is -0.120. The number of hydrogen-bond acceptors (Lipinski definition) is 3. The third-order valence-electron chi connectivity index (χ3n) is 6.77. The van der Waals surface area contributed by atoms with E-state index < -0.39 is 0 Å². The predicted octanol–water partition coefficient (Wildman–Crippen LogP) is 7.01. The van der Waals surface area contributed by atoms with Crippen molar-refractivity contribution in [1.29, 1.82) is 0 Å². The molecule has 0 bridgehead atoms. The topological polar surface area (TPSA) is 38.7 Å². The molecule has 0 amide bonds. The zero-order valence-electron chi connectivity index (χ0n) is 18.6. The summed E-state index contributed by atoms with van der Waals surface area (Å²) in [5.74, 6) is 1.84. The highest BCUT2D eigenvalue weighted by Gasteiger charge is 2.34. The highest BCUT2D eigenvalue weighted by atomic mass is 16.7. The van der Waals surface area contributed by atoms with Gasteiger partial charge in [-0.2, -0.15) is 0 Å². The third kappa shape index (κ3) is 12.4. The molecule has 0 aromatic rings. The quantitative estimate of drug-likeness (QED) is 0.225. The molecule has 0 radical (unpaired) electrons. The van der Waals surface area contributed by atoms with Gasteiger partial charge in [0.15, 0.2) is 6.29 Å². The average Bonchev–Trinajstić information content (AvgIpc) is 3.22. The van der Waals surface area contributed by atoms with Crippen molar-refractivity contribution in [1.82, 2.24) is 0 Å². The van der Waals surface area contributed by atoms with E-state index in [9.17, 15) is 0 Å². The van der Waals surface area contributed by atoms with Crippen LogP contribution in [0.4, 0.5) is 0 Å². The van der Waals surface area contributed by atoms with Crippen molar-refractivity contribution in [3.63, 3.8) is 0 Å². The van der Waals surface area contributed by atoms with Gasteiger partial charge in [-0.25, -0.2) is 0 Å². The van der Waals surface area contributed by atoms with E-state index in [1.165, 1.54) is 109 Å². The fourth-order valence-corrected chi connectivity index (χ4v) is 4.77. The fraction of sp³-hybridized carbons (Fsp3) is 1.00. The van der Waals surface area contributed by atoms with Gasteiger partial charge in [-0.3, -0.25) is 0 Å². The predicted molar refractivity (Wildman–Crippen MR) is 117 cm³/mol. The second-order valence-corrected chi connectivity index (χ2v) is 9.32. The van der Waals surface area contributed by atoms with Crippen molar-refractivity contribution in [2.45, 2.75) is 128 Å². The van der Waals surface area contributed by atoms with Crippen LogP contribution in [0, 0.1) is 11.8 Å². The highest BCUT2D eigenvalue weighted by Crippen LogP contribution is 2.44. The Morgan fingerprint density at radius 1 is 0.500 bits per heavy atom. The number of ether oxygens (including phenoxy) is 2. The molecule has 0 unspecified atom stereocenters. The molecule has 1 aliphatic carbocycles. The van der Waals surface area contributed by atoms with Crippen molar-refractivity contribution in [3.05, 3.63) is 0 Å². The number of aliphatic hydroxyl groups excluding tert-OH is 1. The molecular formula is C25H48O3. The van der Waals surface area contributed by atoms with E-state index in [2.05, 4.69) is 0 Å². The molecule has 1 saturated carbocycles. The van der Waals surface area contributed by atoms with Gasteiger partial charge < -0.3 is 14.6 Å². The Balaban J connectivity index is 1.18. The van der Waals surface area contributed by atoms with E-state index in [4.69, 9.17) is 14.6 Å². The summed E-state index contributed by atoms with van der Waals surface area (Å²) < 4.78 is 10.9. The van der Waals surface area contributed by atoms with Crippen LogP contribution in [-0.2, 0) is 9.47 Å². The van der Waals surface area contributed by atoms with Crippen LogP contribution in [0.25, 0.3) is 0 Å². The number of aliphatic hydroxyl groups is 1. The second-order valence-electron chi connectivity index (χ2n) is 9.32. The molecule has 1 N–H and O–H groups in total. The molecule has 2 aliphatic rings. The van der Waals surface area contributed by atoms with Crippen LogP contribution in [-0.4, -0.2) is 31.2 Å². The first-order chi connectivity index (χ1) is 13.9. The first-order valence-electron chi connectivity index (χ1n) is 12.7. The van der Waals surface area contributed by atoms with Crippen LogP contribution in [0.3, 0.4) is 0 Å². The lowest BCUT2D eigenvalue weighted by Gasteiger charge is -2.08. The molecule has 28 heavy (non-hydrogen) atoms. The maximum Gasteiger partial charge on any atom is 0.157 e. The van der Waals surface area contributed by atoms with Crippen LogP contribution >= 0.6 is 0 Å². The van der Waals surface area contributed by atoms with Gasteiger partial charge in [0.25, 0.3) is 0 Å². The maximum atomic E-state index is 8.93. The normalized spacial score (nSPS) is 22.2. The van der Waals surface area contributed by atoms with Gasteiger partial charge in [0.05, 0.1) is 13.2 Å². The van der Waals surface area contributed by atoms with E-state index in [1.807, 2.05) is 0 Å². The monoisotopic (exact) mass is 396 g/mol. The summed E-state index contributed by atoms with van der Waals surface area (Å²) in [6.07, 6.45) is 26.3. The van der Waals surface area contributed by atoms with Crippen LogP contribution in [0.2, 0.25) is 0 Å². The maximum absolute atomic E-state index is 8.93. The van der Waals surface area contributed by atoms with Gasteiger partial charge in [-0.15, -0.1) is 0 Å². The Labute approximate surface area is 175 Å². The molecule has 0 aromatic heterocycles. The lowest BCUT2D eigenvalue weighted by Crippen LogP contribution is -2.06. The number of hydrogen-bond donors (Lipinski definition) is 1. The van der Waals surface area contributed by atoms with Crippen LogP contribution in [0.5, 0.6) is 0 Å². The minimum atomic E-state index is 0.105. The largest absolute Gasteiger partial charge is 0.396 e. The standard InChI is InChI=1S/C25H48O3/c26-19-18-24-22-23(24)16-14-12-10-8-6-4-2-1-3-5-7-9-11-13-15-17-25-27-20-21-28-25/h23-26H,1-22H2/t23-,24+/m0/s1. The van der Waals surface area contributed by atoms with Gasteiger partial charge in [0.2, 0.25) is 0 Å². The minimum absolute atomic E-state index is 0.105. The summed E-state index contributed by atoms with van der Waals surface area (Å²) in [5, 5.41) is 8.93. The van der Waals surface area contributed by atoms with Gasteiger partial charge in [-0.05, 0) is 37.5 Å². The smallest absolute Gasteiger partial charge is 0.157 e. The van der Waals surface area contributed by atoms with Gasteiger partial charge in [0.1, 0.15) is 0 Å². The lowest BCUT2D eigenvalue weighted by atomic mass is 10.0. The summed E-state index contributed by atoms with van der Waals surface area (Å²) in [6, 6.07) is 0. The SMILES string of the molecule is OCC[C@@H]1C[C@@H]1CCCCCCCCCCCCCCCCCC1OCCO1. The molecule has 0 aromatic carbocycles. The average molecular weight is 397 g/mol. The van der Waals surface area contributed by atoms with E-state index in [-0.39, 0.29) is 6.29 Å². The van der Waals surface area contributed by atoms with E-state index in [0.717, 1.165) is 37.9 Å². The van der Waals surface area contributed by atoms with Crippen LogP contribution in [0.1, 0.15) is 122 Å². The summed E-state index contributed by atoms with van der Waals surface area (Å²) in [7, 11) is 0. The van der Waals surface area contributed by atoms with E-state index in [1.54, 1.807) is 0 Å². The first kappa shape index (κ1) is 24.2. The number of rotatable bonds is 20. The van der Waals surface area contributed by atoms with E-state index in [0.29, 0.717) is 6.61 Å². The lowest BCUT2D eigenvalue weighted by molar-refractivity contribution is -0.0480. The molecule has 3 nitrogen and oxygen atoms in total. The van der Waals surface area contributed by atoms with Crippen molar-refractivity contribution < 1.29 is 14.6 Å². The summed E-state index contributed by atoms with van der Waals surface area (Å²) in [6.45, 7) is 1.98. The van der Waals surface area contributed by atoms with Crippen LogP contribution < -0.4 is 0 Å². The molecule has 3 heteroatoms. The summed E-state index contributed by atoms with van der Waals surface area (Å²) in [5.41, 5.74) is 0. The van der Waals surface area contributed by atoms with Gasteiger partial charge in [0, 0.05) is 6.61 Å². The molecule has 2 atom stereocenters. The Morgan fingerprint density at radius 3 is 1.36 bits per heavy atom. The van der Waals surface area contributed by atoms with Gasteiger partial charge >= 0.3 is 0 Å². The number of unbranched alkanes of at least 4 members (excludes halogenated alkanes) is 14. The Morgan fingerprint density at radius 2 is 0.893 bits per heavy atom. The van der Waals surface area contributed by atoms with Crippen molar-refractivity contribution in [2.75, 3.05) is 19.8 Å². The molecule has 1 saturated heterocycles. The second kappa shape index (κ2) is 16.7. The summed E-state index contributed by atoms with van der Waals surface area (Å²) in [4.78, 5) is 0. The van der Waals surface area contributed by atoms with E-state index >= 15 is 0 Å². The minimum Gasteiger partial charge on any atom is -0.396 e. The zero-order chi connectivity index (χ0) is 19.7. The Bertz CT molecular complexity index is 341. The molecule has 2 rings (SSSR count). The van der Waals surface area contributed by atoms with Crippen molar-refractivity contribution >= 4 is 0 Å². The molecule has 1 aliphatic heterocycles. The van der Waals surface area contributed by atoms with Gasteiger partial charge in [-0.1, -0.05) is 96.3 Å². The molecule has 166 valence electrons. The third-order valence-corrected chi connectivity index (χ3v) is 6.77. The molecule has 1 heterocycles. The summed E-state index contributed by atoms with van der Waals surface area (Å²) >= 11 is 0. The zero-order valence-corrected chi connectivity index (χ0v) is 18.6. The van der Waals surface area contributed by atoms with Crippen molar-refractivity contribution in [3.8, 4) is 0 Å². The highest BCUT2D eigenvalue weighted by molar-refractivity contribution is 4.85. The van der Waals surface area contributed by atoms with Crippen molar-refractivity contribution in [2.24, 2.45) is 11.8 Å². The van der Waals surface area contributed by atoms with Crippen LogP contribution in [0.15, 0.2) is 0 Å². The Kier molecular flexibility index (Phi) is 14.4.